The minimum atomic E-state index is -0.616. The molecule has 2 aromatic carbocycles. The number of ether oxygens (including phenoxy) is 1. The number of amides is 3. The first-order valence-corrected chi connectivity index (χ1v) is 15.8. The third-order valence-corrected chi connectivity index (χ3v) is 9.52. The van der Waals surface area contributed by atoms with Crippen LogP contribution in [0.2, 0.25) is 0 Å². The maximum absolute atomic E-state index is 13.7. The molecule has 3 heterocycles. The van der Waals surface area contributed by atoms with Crippen molar-refractivity contribution in [2.45, 2.75) is 70.8 Å². The van der Waals surface area contributed by atoms with Crippen LogP contribution in [0, 0.1) is 5.92 Å². The normalized spacial score (nSPS) is 19.6. The highest BCUT2D eigenvalue weighted by molar-refractivity contribution is 6.08. The molecule has 2 unspecified atom stereocenters. The van der Waals surface area contributed by atoms with Crippen LogP contribution in [0.25, 0.3) is 10.9 Å². The van der Waals surface area contributed by atoms with Gasteiger partial charge in [0.05, 0.1) is 29.9 Å². The monoisotopic (exact) mass is 601 g/mol. The summed E-state index contributed by atoms with van der Waals surface area (Å²) in [6.07, 6.45) is 6.00. The molecule has 0 aliphatic carbocycles. The largest absolute Gasteiger partial charge is 0.494 e. The number of carbonyl (C=O) groups is 3. The van der Waals surface area contributed by atoms with Crippen molar-refractivity contribution >= 4 is 34.3 Å². The number of nitrogens with one attached hydrogen (secondary N) is 1. The second-order valence-electron chi connectivity index (χ2n) is 13.6. The molecule has 3 amide bonds. The minimum Gasteiger partial charge on any atom is -0.494 e. The Morgan fingerprint density at radius 1 is 1.00 bits per heavy atom. The first-order valence-electron chi connectivity index (χ1n) is 15.8. The molecule has 236 valence electrons. The van der Waals surface area contributed by atoms with Gasteiger partial charge in [-0.1, -0.05) is 39.0 Å². The maximum atomic E-state index is 13.7. The molecular formula is C35H47N5O4. The van der Waals surface area contributed by atoms with Crippen LogP contribution >= 0.6 is 0 Å². The van der Waals surface area contributed by atoms with Gasteiger partial charge in [0, 0.05) is 25.5 Å². The highest BCUT2D eigenvalue weighted by Gasteiger charge is 2.32. The number of hydrogen-bond donors (Lipinski definition) is 2. The van der Waals surface area contributed by atoms with Crippen LogP contribution in [0.4, 0.5) is 5.69 Å². The molecule has 2 saturated heterocycles. The van der Waals surface area contributed by atoms with Gasteiger partial charge in [0.15, 0.2) is 5.75 Å². The van der Waals surface area contributed by atoms with Gasteiger partial charge in [-0.3, -0.25) is 19.3 Å². The predicted octanol–water partition coefficient (Wildman–Crippen LogP) is 5.10. The van der Waals surface area contributed by atoms with Gasteiger partial charge in [-0.25, -0.2) is 0 Å². The standard InChI is InChI=1S/C35H47N5O4/c1-35(2,3)25-20-26(32(36)41)31(44-6)27(21-25)37-33(42)29-19-24-12-7-11-23(30(24)39(29)5)18-22-10-8-16-40(17-14-22)34(43)28-13-9-15-38(28)4/h7,11-12,19-22,28H,8-10,13-18H2,1-6H3,(H2,36,41)(H,37,42). The fourth-order valence-corrected chi connectivity index (χ4v) is 6.96. The SMILES string of the molecule is COc1c(NC(=O)c2cc3cccc(CC4CCCN(C(=O)C5CCCN5C)CC4)c3n2C)cc(C(C)(C)C)cc1C(N)=O. The van der Waals surface area contributed by atoms with Gasteiger partial charge in [-0.15, -0.1) is 0 Å². The minimum absolute atomic E-state index is 0.0338. The van der Waals surface area contributed by atoms with Gasteiger partial charge in [0.2, 0.25) is 5.91 Å². The van der Waals surface area contributed by atoms with Crippen LogP contribution < -0.4 is 15.8 Å². The number of aromatic nitrogens is 1. The number of fused-ring (bicyclic) bond motifs is 1. The Kier molecular flexibility index (Phi) is 9.07. The molecular weight excluding hydrogens is 554 g/mol. The highest BCUT2D eigenvalue weighted by Crippen LogP contribution is 2.36. The topological polar surface area (TPSA) is 110 Å². The van der Waals surface area contributed by atoms with E-state index < -0.39 is 5.91 Å². The van der Waals surface area contributed by atoms with E-state index in [1.165, 1.54) is 12.7 Å². The number of likely N-dealkylation sites (N-methyl/N-ethyl adjacent to an activating group) is 1. The summed E-state index contributed by atoms with van der Waals surface area (Å²) in [5.74, 6) is 0.0882. The number of carbonyl (C=O) groups excluding carboxylic acids is 3. The fraction of sp³-hybridized carbons (Fsp3) is 0.514. The second-order valence-corrected chi connectivity index (χ2v) is 13.6. The van der Waals surface area contributed by atoms with Crippen molar-refractivity contribution in [2.24, 2.45) is 18.7 Å². The summed E-state index contributed by atoms with van der Waals surface area (Å²) in [6.45, 7) is 8.74. The summed E-state index contributed by atoms with van der Waals surface area (Å²) >= 11 is 0. The molecule has 44 heavy (non-hydrogen) atoms. The predicted molar refractivity (Wildman–Crippen MR) is 174 cm³/mol. The number of rotatable bonds is 7. The molecule has 9 heteroatoms. The molecule has 2 aliphatic rings. The van der Waals surface area contributed by atoms with Gasteiger partial charge in [0.1, 0.15) is 5.69 Å². The molecule has 0 bridgehead atoms. The van der Waals surface area contributed by atoms with Crippen molar-refractivity contribution in [3.63, 3.8) is 0 Å². The number of nitrogens with zero attached hydrogens (tertiary/aromatic N) is 3. The third-order valence-electron chi connectivity index (χ3n) is 9.52. The molecule has 9 nitrogen and oxygen atoms in total. The van der Waals surface area contributed by atoms with Crippen molar-refractivity contribution < 1.29 is 19.1 Å². The van der Waals surface area contributed by atoms with Gasteiger partial charge < -0.3 is 25.3 Å². The Labute approximate surface area is 260 Å². The Morgan fingerprint density at radius 3 is 2.41 bits per heavy atom. The van der Waals surface area contributed by atoms with Gasteiger partial charge in [0.25, 0.3) is 11.8 Å². The Balaban J connectivity index is 1.37. The lowest BCUT2D eigenvalue weighted by molar-refractivity contribution is -0.135. The lowest BCUT2D eigenvalue weighted by atomic mass is 9.85. The molecule has 0 spiro atoms. The van der Waals surface area contributed by atoms with E-state index in [1.54, 1.807) is 6.07 Å². The molecule has 2 fully saturated rings. The first kappa shape index (κ1) is 31.6. The summed E-state index contributed by atoms with van der Waals surface area (Å²) in [6, 6.07) is 11.8. The van der Waals surface area contributed by atoms with E-state index in [0.29, 0.717) is 23.2 Å². The highest BCUT2D eigenvalue weighted by atomic mass is 16.5. The van der Waals surface area contributed by atoms with Crippen LogP contribution in [0.15, 0.2) is 36.4 Å². The Morgan fingerprint density at radius 2 is 1.75 bits per heavy atom. The molecule has 1 aromatic heterocycles. The van der Waals surface area contributed by atoms with Crippen molar-refractivity contribution in [3.8, 4) is 5.75 Å². The van der Waals surface area contributed by atoms with E-state index in [9.17, 15) is 14.4 Å². The first-order chi connectivity index (χ1) is 20.9. The van der Waals surface area contributed by atoms with Gasteiger partial charge in [-0.2, -0.15) is 0 Å². The Bertz CT molecular complexity index is 1570. The van der Waals surface area contributed by atoms with Crippen LogP contribution in [0.1, 0.15) is 84.8 Å². The van der Waals surface area contributed by atoms with Crippen molar-refractivity contribution in [2.75, 3.05) is 39.1 Å². The number of methoxy groups -OCH3 is 1. The van der Waals surface area contributed by atoms with Crippen LogP contribution in [0.5, 0.6) is 5.75 Å². The molecule has 3 aromatic rings. The number of para-hydroxylation sites is 1. The molecule has 0 saturated carbocycles. The lowest BCUT2D eigenvalue weighted by Gasteiger charge is -2.27. The van der Waals surface area contributed by atoms with E-state index in [0.717, 1.165) is 74.6 Å². The van der Waals surface area contributed by atoms with E-state index in [-0.39, 0.29) is 28.7 Å². The number of benzene rings is 2. The van der Waals surface area contributed by atoms with Crippen molar-refractivity contribution in [1.29, 1.82) is 0 Å². The molecule has 2 atom stereocenters. The zero-order chi connectivity index (χ0) is 31.8. The summed E-state index contributed by atoms with van der Waals surface area (Å²) in [4.78, 5) is 43.5. The summed E-state index contributed by atoms with van der Waals surface area (Å²) in [5.41, 5.74) is 9.66. The molecule has 5 rings (SSSR count). The van der Waals surface area contributed by atoms with E-state index in [2.05, 4.69) is 34.3 Å². The zero-order valence-corrected chi connectivity index (χ0v) is 27.0. The average Bonchev–Trinajstić information content (AvgIpc) is 3.47. The summed E-state index contributed by atoms with van der Waals surface area (Å²) in [7, 11) is 5.44. The van der Waals surface area contributed by atoms with E-state index >= 15 is 0 Å². The number of hydrogen-bond acceptors (Lipinski definition) is 5. The average molecular weight is 602 g/mol. The summed E-state index contributed by atoms with van der Waals surface area (Å²) in [5, 5.41) is 4.00. The van der Waals surface area contributed by atoms with E-state index in [1.807, 2.05) is 50.6 Å². The van der Waals surface area contributed by atoms with Crippen molar-refractivity contribution in [3.05, 3.63) is 58.8 Å². The number of aryl methyl sites for hydroxylation is 1. The zero-order valence-electron chi connectivity index (χ0n) is 27.0. The second kappa shape index (κ2) is 12.6. The van der Waals surface area contributed by atoms with Crippen molar-refractivity contribution in [1.82, 2.24) is 14.4 Å². The number of anilines is 1. The molecule has 0 radical (unpaired) electrons. The van der Waals surface area contributed by atoms with Crippen LogP contribution in [-0.4, -0.2) is 71.9 Å². The fourth-order valence-electron chi connectivity index (χ4n) is 6.96. The number of likely N-dealkylation sites (tertiary alicyclic amines) is 2. The molecule has 3 N–H and O–H groups in total. The van der Waals surface area contributed by atoms with Crippen LogP contribution in [-0.2, 0) is 23.7 Å². The number of nitrogens with two attached hydrogens (primary N) is 1. The van der Waals surface area contributed by atoms with E-state index in [4.69, 9.17) is 10.5 Å². The lowest BCUT2D eigenvalue weighted by Crippen LogP contribution is -2.44. The van der Waals surface area contributed by atoms with Crippen LogP contribution in [0.3, 0.4) is 0 Å². The Hall–Kier alpha value is -3.85. The smallest absolute Gasteiger partial charge is 0.272 e. The maximum Gasteiger partial charge on any atom is 0.272 e. The quantitative estimate of drug-likeness (QED) is 0.392. The third kappa shape index (κ3) is 6.34. The number of primary amides is 1. The van der Waals surface area contributed by atoms with Gasteiger partial charge >= 0.3 is 0 Å². The van der Waals surface area contributed by atoms with Gasteiger partial charge in [-0.05, 0) is 92.8 Å². The molecule has 2 aliphatic heterocycles. The summed E-state index contributed by atoms with van der Waals surface area (Å²) < 4.78 is 7.51.